The third-order valence-corrected chi connectivity index (χ3v) is 5.89. The highest BCUT2D eigenvalue weighted by Crippen LogP contribution is 2.24. The summed E-state index contributed by atoms with van der Waals surface area (Å²) in [6.45, 7) is 6.06. The summed E-state index contributed by atoms with van der Waals surface area (Å²) < 4.78 is 19.6. The van der Waals surface area contributed by atoms with E-state index >= 15 is 0 Å². The topological polar surface area (TPSA) is 66.2 Å². The summed E-state index contributed by atoms with van der Waals surface area (Å²) in [5.41, 5.74) is 4.50. The molecule has 0 N–H and O–H groups in total. The van der Waals surface area contributed by atoms with Crippen molar-refractivity contribution in [3.63, 3.8) is 0 Å². The quantitative estimate of drug-likeness (QED) is 0.441. The molecule has 0 aliphatic heterocycles. The lowest BCUT2D eigenvalue weighted by atomic mass is 10.1. The lowest BCUT2D eigenvalue weighted by molar-refractivity contribution is 0.623. The van der Waals surface area contributed by atoms with Gasteiger partial charge in [-0.1, -0.05) is 24.3 Å². The molecule has 3 heterocycles. The minimum atomic E-state index is -0.470. The van der Waals surface area contributed by atoms with E-state index in [1.54, 1.807) is 23.6 Å². The standard InChI is InChI=1S/C24H22FN5O2/c1-14-5-6-15(2)19(11-14)30-16(3)12-28-20-21(26-23(28)30)27(4)24(32)29(22(20)31)13-17-7-9-18(25)10-8-17/h5-12H,13H2,1-4H3. The third-order valence-electron chi connectivity index (χ3n) is 5.89. The zero-order valence-corrected chi connectivity index (χ0v) is 18.3. The molecule has 7 nitrogen and oxygen atoms in total. The summed E-state index contributed by atoms with van der Waals surface area (Å²) in [7, 11) is 1.60. The Kier molecular flexibility index (Phi) is 4.40. The maximum atomic E-state index is 13.4. The lowest BCUT2D eigenvalue weighted by Gasteiger charge is -2.10. The Hall–Kier alpha value is -3.94. The van der Waals surface area contributed by atoms with Gasteiger partial charge in [0, 0.05) is 18.9 Å². The van der Waals surface area contributed by atoms with Gasteiger partial charge in [-0.05, 0) is 55.7 Å². The monoisotopic (exact) mass is 431 g/mol. The molecule has 3 aromatic heterocycles. The second kappa shape index (κ2) is 7.05. The van der Waals surface area contributed by atoms with Crippen LogP contribution in [-0.4, -0.2) is 23.1 Å². The first kappa shape index (κ1) is 20.0. The van der Waals surface area contributed by atoms with Crippen LogP contribution in [0, 0.1) is 26.6 Å². The predicted molar refractivity (Wildman–Crippen MR) is 121 cm³/mol. The normalized spacial score (nSPS) is 11.7. The molecule has 0 bridgehead atoms. The van der Waals surface area contributed by atoms with Gasteiger partial charge in [-0.3, -0.25) is 22.9 Å². The van der Waals surface area contributed by atoms with Crippen LogP contribution < -0.4 is 11.2 Å². The van der Waals surface area contributed by atoms with Gasteiger partial charge < -0.3 is 0 Å². The molecule has 0 unspecified atom stereocenters. The lowest BCUT2D eigenvalue weighted by Crippen LogP contribution is -2.39. The molecule has 8 heteroatoms. The molecule has 162 valence electrons. The molecule has 0 aliphatic rings. The van der Waals surface area contributed by atoms with E-state index in [9.17, 15) is 14.0 Å². The number of nitrogens with zero attached hydrogens (tertiary/aromatic N) is 5. The molecule has 0 spiro atoms. The number of hydrogen-bond donors (Lipinski definition) is 0. The number of benzene rings is 2. The van der Waals surface area contributed by atoms with Crippen molar-refractivity contribution in [3.05, 3.63) is 97.7 Å². The molecule has 32 heavy (non-hydrogen) atoms. The zero-order chi connectivity index (χ0) is 22.7. The van der Waals surface area contributed by atoms with Gasteiger partial charge in [-0.2, -0.15) is 4.98 Å². The van der Waals surface area contributed by atoms with E-state index in [4.69, 9.17) is 4.98 Å². The first-order valence-electron chi connectivity index (χ1n) is 10.3. The van der Waals surface area contributed by atoms with Crippen molar-refractivity contribution < 1.29 is 4.39 Å². The number of rotatable bonds is 3. The molecule has 0 aliphatic carbocycles. The number of fused-ring (bicyclic) bond motifs is 3. The number of aromatic nitrogens is 5. The van der Waals surface area contributed by atoms with Gasteiger partial charge in [0.2, 0.25) is 5.78 Å². The fraction of sp³-hybridized carbons (Fsp3) is 0.208. The van der Waals surface area contributed by atoms with Crippen LogP contribution in [0.4, 0.5) is 4.39 Å². The van der Waals surface area contributed by atoms with E-state index in [0.717, 1.165) is 27.1 Å². The molecular formula is C24H22FN5O2. The third kappa shape index (κ3) is 2.90. The molecule has 0 amide bonds. The van der Waals surface area contributed by atoms with E-state index in [2.05, 4.69) is 18.2 Å². The average molecular weight is 431 g/mol. The molecule has 0 radical (unpaired) electrons. The van der Waals surface area contributed by atoms with Crippen molar-refractivity contribution in [2.45, 2.75) is 27.3 Å². The number of halogens is 1. The Morgan fingerprint density at radius 2 is 1.72 bits per heavy atom. The smallest absolute Gasteiger partial charge is 0.283 e. The van der Waals surface area contributed by atoms with Gasteiger partial charge in [0.25, 0.3) is 5.56 Å². The van der Waals surface area contributed by atoms with E-state index in [-0.39, 0.29) is 12.4 Å². The molecule has 5 aromatic rings. The van der Waals surface area contributed by atoms with E-state index < -0.39 is 11.2 Å². The van der Waals surface area contributed by atoms with Crippen LogP contribution in [0.15, 0.2) is 58.3 Å². The maximum absolute atomic E-state index is 13.4. The summed E-state index contributed by atoms with van der Waals surface area (Å²) in [5, 5.41) is 0. The van der Waals surface area contributed by atoms with E-state index in [0.29, 0.717) is 22.5 Å². The minimum Gasteiger partial charge on any atom is -0.283 e. The fourth-order valence-corrected chi connectivity index (χ4v) is 4.18. The van der Waals surface area contributed by atoms with Crippen LogP contribution >= 0.6 is 0 Å². The van der Waals surface area contributed by atoms with Gasteiger partial charge in [0.05, 0.1) is 12.2 Å². The molecule has 5 rings (SSSR count). The van der Waals surface area contributed by atoms with Gasteiger partial charge in [0.1, 0.15) is 5.82 Å². The number of imidazole rings is 2. The van der Waals surface area contributed by atoms with Crippen LogP contribution in [-0.2, 0) is 13.6 Å². The molecular weight excluding hydrogens is 409 g/mol. The first-order valence-corrected chi connectivity index (χ1v) is 10.3. The summed E-state index contributed by atoms with van der Waals surface area (Å²) in [5.74, 6) is 0.197. The SMILES string of the molecule is Cc1ccc(C)c(-n2c(C)cn3c4c(=O)n(Cc5ccc(F)cc5)c(=O)n(C)c4nc23)c1. The highest BCUT2D eigenvalue weighted by atomic mass is 19.1. The van der Waals surface area contributed by atoms with Gasteiger partial charge in [0.15, 0.2) is 11.2 Å². The first-order chi connectivity index (χ1) is 15.3. The summed E-state index contributed by atoms with van der Waals surface area (Å²) in [4.78, 5) is 31.1. The fourth-order valence-electron chi connectivity index (χ4n) is 4.18. The highest BCUT2D eigenvalue weighted by Gasteiger charge is 2.21. The second-order valence-corrected chi connectivity index (χ2v) is 8.21. The zero-order valence-electron chi connectivity index (χ0n) is 18.3. The Morgan fingerprint density at radius 1 is 1.00 bits per heavy atom. The summed E-state index contributed by atoms with van der Waals surface area (Å²) in [6, 6.07) is 11.9. The molecule has 0 atom stereocenters. The largest absolute Gasteiger partial charge is 0.332 e. The Bertz CT molecular complexity index is 1630. The van der Waals surface area contributed by atoms with Crippen molar-refractivity contribution in [2.75, 3.05) is 0 Å². The van der Waals surface area contributed by atoms with Crippen LogP contribution in [0.25, 0.3) is 22.6 Å². The van der Waals surface area contributed by atoms with Crippen molar-refractivity contribution in [1.29, 1.82) is 0 Å². The summed E-state index contributed by atoms with van der Waals surface area (Å²) in [6.07, 6.45) is 1.86. The van der Waals surface area contributed by atoms with Gasteiger partial charge in [-0.25, -0.2) is 9.18 Å². The molecule has 0 fully saturated rings. The summed E-state index contributed by atoms with van der Waals surface area (Å²) >= 11 is 0. The Labute approximate surface area is 182 Å². The van der Waals surface area contributed by atoms with Crippen LogP contribution in [0.3, 0.4) is 0 Å². The molecule has 2 aromatic carbocycles. The van der Waals surface area contributed by atoms with Crippen molar-refractivity contribution in [1.82, 2.24) is 23.1 Å². The van der Waals surface area contributed by atoms with Gasteiger partial charge in [-0.15, -0.1) is 0 Å². The Morgan fingerprint density at radius 3 is 2.44 bits per heavy atom. The predicted octanol–water partition coefficient (Wildman–Crippen LogP) is 3.25. The van der Waals surface area contributed by atoms with Crippen LogP contribution in [0.2, 0.25) is 0 Å². The molecule has 0 saturated carbocycles. The van der Waals surface area contributed by atoms with E-state index in [1.165, 1.54) is 16.7 Å². The molecule has 0 saturated heterocycles. The average Bonchev–Trinajstić information content (AvgIpc) is 3.27. The Balaban J connectivity index is 1.80. The highest BCUT2D eigenvalue weighted by molar-refractivity contribution is 5.76. The van der Waals surface area contributed by atoms with Crippen LogP contribution in [0.1, 0.15) is 22.4 Å². The van der Waals surface area contributed by atoms with Crippen molar-refractivity contribution in [3.8, 4) is 5.69 Å². The minimum absolute atomic E-state index is 0.0473. The van der Waals surface area contributed by atoms with Gasteiger partial charge >= 0.3 is 5.69 Å². The number of hydrogen-bond acceptors (Lipinski definition) is 3. The second-order valence-electron chi connectivity index (χ2n) is 8.21. The van der Waals surface area contributed by atoms with Crippen molar-refractivity contribution >= 4 is 16.9 Å². The number of aryl methyl sites for hydroxylation is 4. The maximum Gasteiger partial charge on any atom is 0.332 e. The van der Waals surface area contributed by atoms with E-state index in [1.807, 2.05) is 31.5 Å². The van der Waals surface area contributed by atoms with Crippen molar-refractivity contribution in [2.24, 2.45) is 7.05 Å². The van der Waals surface area contributed by atoms with Crippen LogP contribution in [0.5, 0.6) is 0 Å².